The first kappa shape index (κ1) is 17.8. The van der Waals surface area contributed by atoms with Crippen LogP contribution in [0, 0.1) is 0 Å². The van der Waals surface area contributed by atoms with Gasteiger partial charge >= 0.3 is 6.09 Å². The van der Waals surface area contributed by atoms with Gasteiger partial charge in [0.05, 0.1) is 5.41 Å². The van der Waals surface area contributed by atoms with Crippen LogP contribution in [0.4, 0.5) is 16.2 Å². The summed E-state index contributed by atoms with van der Waals surface area (Å²) in [6, 6.07) is 13.3. The molecule has 2 aliphatic rings. The number of carbonyl (C=O) groups is 1. The Kier molecular flexibility index (Phi) is 4.13. The number of likely N-dealkylation sites (N-methyl/N-ethyl adjacent to an activating group) is 1. The number of rotatable bonds is 3. The molecule has 0 aromatic heterocycles. The Morgan fingerprint density at radius 2 is 2.15 bits per heavy atom. The molecule has 1 saturated heterocycles. The Labute approximate surface area is 159 Å². The fourth-order valence-corrected chi connectivity index (χ4v) is 4.44. The Hall–Kier alpha value is -2.57. The number of hydrogen-bond donors (Lipinski definition) is 3. The summed E-state index contributed by atoms with van der Waals surface area (Å²) in [5, 5.41) is 16.9. The van der Waals surface area contributed by atoms with E-state index in [-0.39, 0.29) is 16.2 Å². The highest BCUT2D eigenvalue weighted by Crippen LogP contribution is 2.50. The molecule has 4 rings (SSSR count). The average Bonchev–Trinajstić information content (AvgIpc) is 3.06. The van der Waals surface area contributed by atoms with Gasteiger partial charge in [-0.1, -0.05) is 25.1 Å². The molecule has 3 atom stereocenters. The molecular weight excluding hydrogens is 342 g/mol. The highest BCUT2D eigenvalue weighted by molar-refractivity contribution is 5.87. The molecule has 0 bridgehead atoms. The molecule has 2 aliphatic heterocycles. The molecule has 0 aliphatic carbocycles. The van der Waals surface area contributed by atoms with Crippen LogP contribution in [0.2, 0.25) is 0 Å². The monoisotopic (exact) mass is 368 g/mol. The molecule has 1 fully saturated rings. The maximum atomic E-state index is 12.4. The number of quaternary nitrogens is 1. The Bertz CT molecular complexity index is 896. The second-order valence-corrected chi connectivity index (χ2v) is 7.88. The Balaban J connectivity index is 1.53. The molecular formula is C21H26N3O3+. The van der Waals surface area contributed by atoms with Crippen molar-refractivity contribution in [3.63, 3.8) is 0 Å². The summed E-state index contributed by atoms with van der Waals surface area (Å²) in [4.78, 5) is 12.4. The van der Waals surface area contributed by atoms with E-state index in [9.17, 15) is 10.0 Å². The van der Waals surface area contributed by atoms with E-state index in [1.807, 2.05) is 50.4 Å². The maximum absolute atomic E-state index is 12.4. The average molecular weight is 368 g/mol. The van der Waals surface area contributed by atoms with E-state index < -0.39 is 6.09 Å². The third-order valence-corrected chi connectivity index (χ3v) is 5.99. The number of hydrogen-bond acceptors (Lipinski definition) is 4. The highest BCUT2D eigenvalue weighted by atomic mass is 16.6. The SMILES string of the molecule is CCc1ccccc1NC(=O)Oc1ccc2c(c1)[C@]1(C)CC[N+](C)(O)C1N2. The van der Waals surface area contributed by atoms with E-state index in [0.717, 1.165) is 35.3 Å². The minimum Gasteiger partial charge on any atom is -0.410 e. The van der Waals surface area contributed by atoms with Gasteiger partial charge in [-0.2, -0.15) is 4.65 Å². The smallest absolute Gasteiger partial charge is 0.410 e. The quantitative estimate of drug-likeness (QED) is 0.713. The molecule has 6 heteroatoms. The summed E-state index contributed by atoms with van der Waals surface area (Å²) < 4.78 is 5.50. The van der Waals surface area contributed by atoms with Crippen molar-refractivity contribution >= 4 is 17.5 Å². The number of likely N-dealkylation sites (tertiary alicyclic amines) is 1. The predicted molar refractivity (Wildman–Crippen MR) is 104 cm³/mol. The summed E-state index contributed by atoms with van der Waals surface area (Å²) in [5.41, 5.74) is 3.72. The van der Waals surface area contributed by atoms with Gasteiger partial charge in [0.1, 0.15) is 19.3 Å². The molecule has 0 spiro atoms. The third-order valence-electron chi connectivity index (χ3n) is 5.99. The van der Waals surface area contributed by atoms with E-state index in [4.69, 9.17) is 4.74 Å². The van der Waals surface area contributed by atoms with Gasteiger partial charge in [-0.15, -0.1) is 0 Å². The number of hydroxylamine groups is 3. The van der Waals surface area contributed by atoms with Crippen molar-refractivity contribution in [2.75, 3.05) is 24.2 Å². The molecule has 2 aromatic rings. The van der Waals surface area contributed by atoms with Gasteiger partial charge in [0.2, 0.25) is 6.17 Å². The van der Waals surface area contributed by atoms with E-state index in [0.29, 0.717) is 12.3 Å². The summed E-state index contributed by atoms with van der Waals surface area (Å²) in [7, 11) is 1.82. The van der Waals surface area contributed by atoms with Gasteiger partial charge in [0.15, 0.2) is 0 Å². The largest absolute Gasteiger partial charge is 0.417 e. The molecule has 1 amide bonds. The van der Waals surface area contributed by atoms with Crippen LogP contribution >= 0.6 is 0 Å². The number of amides is 1. The number of benzene rings is 2. The second kappa shape index (κ2) is 6.25. The van der Waals surface area contributed by atoms with Crippen molar-refractivity contribution in [1.29, 1.82) is 0 Å². The topological polar surface area (TPSA) is 70.6 Å². The van der Waals surface area contributed by atoms with Crippen LogP contribution in [-0.4, -0.2) is 35.7 Å². The van der Waals surface area contributed by atoms with Crippen molar-refractivity contribution in [3.8, 4) is 5.75 Å². The normalized spacial score (nSPS) is 28.2. The van der Waals surface area contributed by atoms with Gasteiger partial charge in [-0.25, -0.2) is 10.0 Å². The number of anilines is 2. The Morgan fingerprint density at radius 3 is 2.93 bits per heavy atom. The summed E-state index contributed by atoms with van der Waals surface area (Å²) >= 11 is 0. The fraction of sp³-hybridized carbons (Fsp3) is 0.381. The summed E-state index contributed by atoms with van der Waals surface area (Å²) in [5.74, 6) is 0.503. The van der Waals surface area contributed by atoms with Crippen LogP contribution in [0.5, 0.6) is 5.75 Å². The molecule has 142 valence electrons. The van der Waals surface area contributed by atoms with E-state index >= 15 is 0 Å². The van der Waals surface area contributed by atoms with Crippen molar-refractivity contribution in [2.24, 2.45) is 0 Å². The van der Waals surface area contributed by atoms with Gasteiger partial charge in [0.25, 0.3) is 0 Å². The minimum atomic E-state index is -0.502. The number of nitrogens with zero attached hydrogens (tertiary/aromatic N) is 1. The zero-order chi connectivity index (χ0) is 19.2. The van der Waals surface area contributed by atoms with Gasteiger partial charge in [-0.05, 0) is 48.7 Å². The molecule has 2 aromatic carbocycles. The lowest BCUT2D eigenvalue weighted by molar-refractivity contribution is -1.09. The van der Waals surface area contributed by atoms with Crippen LogP contribution in [0.15, 0.2) is 42.5 Å². The number of ether oxygens (including phenoxy) is 1. The minimum absolute atomic E-state index is 0.0460. The second-order valence-electron chi connectivity index (χ2n) is 7.88. The van der Waals surface area contributed by atoms with Crippen LogP contribution in [0.25, 0.3) is 0 Å². The van der Waals surface area contributed by atoms with E-state index in [1.165, 1.54) is 0 Å². The van der Waals surface area contributed by atoms with E-state index in [1.54, 1.807) is 6.07 Å². The fourth-order valence-electron chi connectivity index (χ4n) is 4.44. The van der Waals surface area contributed by atoms with Crippen molar-refractivity contribution in [3.05, 3.63) is 53.6 Å². The lowest BCUT2D eigenvalue weighted by atomic mass is 9.81. The Morgan fingerprint density at radius 1 is 1.37 bits per heavy atom. The summed E-state index contributed by atoms with van der Waals surface area (Å²) in [6.07, 6.45) is 1.11. The predicted octanol–water partition coefficient (Wildman–Crippen LogP) is 4.11. The summed E-state index contributed by atoms with van der Waals surface area (Å²) in [6.45, 7) is 4.88. The number of fused-ring (bicyclic) bond motifs is 3. The number of aryl methyl sites for hydroxylation is 1. The first-order valence-electron chi connectivity index (χ1n) is 9.39. The first-order valence-corrected chi connectivity index (χ1v) is 9.39. The standard InChI is InChI=1S/C21H25N3O3/c1-4-14-7-5-6-8-17(14)23-20(25)27-15-9-10-18-16(13-15)21(2)11-12-24(3,26)19(21)22-18/h5-10,13,19,22,26H,4,11-12H2,1-3H3/p+1/t19?,21-,24?/m0/s1. The maximum Gasteiger partial charge on any atom is 0.417 e. The van der Waals surface area contributed by atoms with Crippen LogP contribution in [-0.2, 0) is 11.8 Å². The van der Waals surface area contributed by atoms with Crippen molar-refractivity contribution < 1.29 is 19.4 Å². The molecule has 27 heavy (non-hydrogen) atoms. The molecule has 6 nitrogen and oxygen atoms in total. The third kappa shape index (κ3) is 2.95. The van der Waals surface area contributed by atoms with Gasteiger partial charge in [0, 0.05) is 17.8 Å². The number of nitrogens with one attached hydrogen (secondary N) is 2. The molecule has 0 saturated carbocycles. The lowest BCUT2D eigenvalue weighted by Gasteiger charge is -2.30. The zero-order valence-electron chi connectivity index (χ0n) is 16.0. The van der Waals surface area contributed by atoms with Gasteiger partial charge < -0.3 is 10.1 Å². The van der Waals surface area contributed by atoms with E-state index in [2.05, 4.69) is 17.6 Å². The molecule has 2 unspecified atom stereocenters. The van der Waals surface area contributed by atoms with Crippen LogP contribution in [0.3, 0.4) is 0 Å². The molecule has 3 N–H and O–H groups in total. The highest BCUT2D eigenvalue weighted by Gasteiger charge is 2.59. The number of carbonyl (C=O) groups excluding carboxylic acids is 1. The zero-order valence-corrected chi connectivity index (χ0v) is 16.0. The first-order chi connectivity index (χ1) is 12.8. The number of para-hydroxylation sites is 1. The van der Waals surface area contributed by atoms with Crippen molar-refractivity contribution in [2.45, 2.75) is 38.3 Å². The molecule has 2 heterocycles. The lowest BCUT2D eigenvalue weighted by Crippen LogP contribution is -2.52. The molecule has 0 radical (unpaired) electrons. The van der Waals surface area contributed by atoms with Crippen molar-refractivity contribution in [1.82, 2.24) is 0 Å². The van der Waals surface area contributed by atoms with Crippen LogP contribution < -0.4 is 15.4 Å². The van der Waals surface area contributed by atoms with Crippen LogP contribution in [0.1, 0.15) is 31.4 Å². The van der Waals surface area contributed by atoms with Gasteiger partial charge in [-0.3, -0.25) is 5.32 Å².